The number of para-hydroxylation sites is 1. The Morgan fingerprint density at radius 1 is 0.870 bits per heavy atom. The van der Waals surface area contributed by atoms with E-state index in [4.69, 9.17) is 5.10 Å². The Kier molecular flexibility index (Phi) is 3.27. The highest BCUT2D eigenvalue weighted by atomic mass is 15.3. The number of benzene rings is 2. The fraction of sp³-hybridized carbons (Fsp3) is 0.0526. The van der Waals surface area contributed by atoms with Gasteiger partial charge in [-0.2, -0.15) is 9.61 Å². The summed E-state index contributed by atoms with van der Waals surface area (Å²) in [5.74, 6) is 0.904. The lowest BCUT2D eigenvalue weighted by Gasteiger charge is -2.09. The van der Waals surface area contributed by atoms with E-state index < -0.39 is 0 Å². The van der Waals surface area contributed by atoms with E-state index in [9.17, 15) is 0 Å². The average Bonchev–Trinajstić information content (AvgIpc) is 3.01. The third kappa shape index (κ3) is 2.66. The second-order valence-electron chi connectivity index (χ2n) is 5.44. The summed E-state index contributed by atoms with van der Waals surface area (Å²) in [6, 6.07) is 24.2. The van der Waals surface area contributed by atoms with Gasteiger partial charge in [-0.15, -0.1) is 0 Å². The van der Waals surface area contributed by atoms with Gasteiger partial charge < -0.3 is 5.32 Å². The summed E-state index contributed by atoms with van der Waals surface area (Å²) in [4.78, 5) is 4.58. The molecule has 0 unspecified atom stereocenters. The molecular weight excluding hydrogens is 284 g/mol. The molecule has 112 valence electrons. The summed E-state index contributed by atoms with van der Waals surface area (Å²) in [7, 11) is 0. The molecule has 0 saturated carbocycles. The molecule has 0 bridgehead atoms. The predicted molar refractivity (Wildman–Crippen MR) is 92.9 cm³/mol. The Bertz CT molecular complexity index is 943. The smallest absolute Gasteiger partial charge is 0.158 e. The maximum absolute atomic E-state index is 4.71. The van der Waals surface area contributed by atoms with Crippen molar-refractivity contribution in [3.05, 3.63) is 78.5 Å². The van der Waals surface area contributed by atoms with Crippen LogP contribution in [0.25, 0.3) is 16.9 Å². The number of fused-ring (bicyclic) bond motifs is 1. The van der Waals surface area contributed by atoms with Crippen molar-refractivity contribution in [1.29, 1.82) is 0 Å². The molecule has 0 aliphatic heterocycles. The van der Waals surface area contributed by atoms with Crippen molar-refractivity contribution in [1.82, 2.24) is 14.6 Å². The highest BCUT2D eigenvalue weighted by Crippen LogP contribution is 2.23. The van der Waals surface area contributed by atoms with Crippen LogP contribution in [0.2, 0.25) is 0 Å². The third-order valence-electron chi connectivity index (χ3n) is 3.67. The lowest BCUT2D eigenvalue weighted by atomic mass is 10.2. The highest BCUT2D eigenvalue weighted by Gasteiger charge is 2.09. The number of hydrogen-bond acceptors (Lipinski definition) is 3. The molecule has 0 atom stereocenters. The molecule has 4 nitrogen and oxygen atoms in total. The normalized spacial score (nSPS) is 10.8. The van der Waals surface area contributed by atoms with E-state index in [1.165, 1.54) is 0 Å². The number of aromatic nitrogens is 3. The first-order valence-corrected chi connectivity index (χ1v) is 7.54. The predicted octanol–water partition coefficient (Wildman–Crippen LogP) is 4.45. The van der Waals surface area contributed by atoms with Gasteiger partial charge in [0.15, 0.2) is 5.65 Å². The van der Waals surface area contributed by atoms with Crippen LogP contribution in [0.4, 0.5) is 11.5 Å². The molecule has 2 aromatic carbocycles. The Labute approximate surface area is 134 Å². The Hall–Kier alpha value is -3.14. The van der Waals surface area contributed by atoms with Crippen molar-refractivity contribution in [2.45, 2.75) is 6.92 Å². The molecule has 0 aliphatic carbocycles. The van der Waals surface area contributed by atoms with E-state index in [1.54, 1.807) is 0 Å². The first-order chi connectivity index (χ1) is 11.3. The second-order valence-corrected chi connectivity index (χ2v) is 5.44. The zero-order valence-corrected chi connectivity index (χ0v) is 12.8. The third-order valence-corrected chi connectivity index (χ3v) is 3.67. The highest BCUT2D eigenvalue weighted by molar-refractivity contribution is 5.67. The fourth-order valence-corrected chi connectivity index (χ4v) is 2.61. The van der Waals surface area contributed by atoms with Crippen LogP contribution in [0.1, 0.15) is 5.69 Å². The number of anilines is 2. The molecule has 0 saturated heterocycles. The first kappa shape index (κ1) is 13.5. The van der Waals surface area contributed by atoms with Gasteiger partial charge in [-0.1, -0.05) is 48.5 Å². The lowest BCUT2D eigenvalue weighted by molar-refractivity contribution is 0.941. The zero-order valence-electron chi connectivity index (χ0n) is 12.8. The zero-order chi connectivity index (χ0) is 15.6. The molecular formula is C19H16N4. The van der Waals surface area contributed by atoms with Gasteiger partial charge >= 0.3 is 0 Å². The van der Waals surface area contributed by atoms with Crippen molar-refractivity contribution in [3.63, 3.8) is 0 Å². The molecule has 0 radical (unpaired) electrons. The Morgan fingerprint density at radius 3 is 2.30 bits per heavy atom. The van der Waals surface area contributed by atoms with Crippen LogP contribution in [-0.4, -0.2) is 14.6 Å². The van der Waals surface area contributed by atoms with E-state index in [2.05, 4.69) is 22.4 Å². The van der Waals surface area contributed by atoms with Gasteiger partial charge in [-0.05, 0) is 19.1 Å². The van der Waals surface area contributed by atoms with Crippen molar-refractivity contribution in [2.75, 3.05) is 5.32 Å². The van der Waals surface area contributed by atoms with E-state index >= 15 is 0 Å². The standard InChI is InChI=1S/C19H16N4/c1-14-12-18(21-16-10-6-3-7-11-16)23-19(20-14)13-17(22-23)15-8-4-2-5-9-15/h2-13,21H,1H3. The lowest BCUT2D eigenvalue weighted by Crippen LogP contribution is -2.02. The summed E-state index contributed by atoms with van der Waals surface area (Å²) in [6.07, 6.45) is 0. The molecule has 1 N–H and O–H groups in total. The second kappa shape index (κ2) is 5.57. The summed E-state index contributed by atoms with van der Waals surface area (Å²) in [5.41, 5.74) is 4.81. The monoisotopic (exact) mass is 300 g/mol. The minimum atomic E-state index is 0.835. The molecule has 4 aromatic rings. The first-order valence-electron chi connectivity index (χ1n) is 7.54. The van der Waals surface area contributed by atoms with Crippen LogP contribution in [-0.2, 0) is 0 Å². The minimum Gasteiger partial charge on any atom is -0.340 e. The van der Waals surface area contributed by atoms with Crippen LogP contribution in [0.3, 0.4) is 0 Å². The summed E-state index contributed by atoms with van der Waals surface area (Å²) < 4.78 is 1.85. The van der Waals surface area contributed by atoms with Crippen molar-refractivity contribution in [3.8, 4) is 11.3 Å². The number of rotatable bonds is 3. The molecule has 0 aliphatic rings. The molecule has 4 rings (SSSR count). The summed E-state index contributed by atoms with van der Waals surface area (Å²) in [6.45, 7) is 1.99. The van der Waals surface area contributed by atoms with Crippen LogP contribution < -0.4 is 5.32 Å². The molecule has 23 heavy (non-hydrogen) atoms. The number of nitrogens with one attached hydrogen (secondary N) is 1. The van der Waals surface area contributed by atoms with Crippen LogP contribution >= 0.6 is 0 Å². The van der Waals surface area contributed by atoms with Crippen molar-refractivity contribution in [2.24, 2.45) is 0 Å². The maximum atomic E-state index is 4.71. The Morgan fingerprint density at radius 2 is 1.57 bits per heavy atom. The molecule has 0 amide bonds. The molecule has 4 heteroatoms. The van der Waals surface area contributed by atoms with E-state index in [-0.39, 0.29) is 0 Å². The van der Waals surface area contributed by atoms with Crippen molar-refractivity contribution >= 4 is 17.2 Å². The molecule has 2 aromatic heterocycles. The summed E-state index contributed by atoms with van der Waals surface area (Å²) >= 11 is 0. The molecule has 0 spiro atoms. The van der Waals surface area contributed by atoms with E-state index in [1.807, 2.05) is 72.1 Å². The quantitative estimate of drug-likeness (QED) is 0.608. The molecule has 0 fully saturated rings. The number of aryl methyl sites for hydroxylation is 1. The number of nitrogens with zero attached hydrogens (tertiary/aromatic N) is 3. The van der Waals surface area contributed by atoms with Gasteiger partial charge in [-0.25, -0.2) is 4.98 Å². The number of hydrogen-bond donors (Lipinski definition) is 1. The Balaban J connectivity index is 1.83. The van der Waals surface area contributed by atoms with Crippen LogP contribution in [0.15, 0.2) is 72.8 Å². The fourth-order valence-electron chi connectivity index (χ4n) is 2.61. The van der Waals surface area contributed by atoms with Gasteiger partial charge in [0, 0.05) is 29.1 Å². The minimum absolute atomic E-state index is 0.835. The topological polar surface area (TPSA) is 42.2 Å². The average molecular weight is 300 g/mol. The van der Waals surface area contributed by atoms with Gasteiger partial charge in [0.05, 0.1) is 5.69 Å². The van der Waals surface area contributed by atoms with Gasteiger partial charge in [0.1, 0.15) is 5.82 Å². The van der Waals surface area contributed by atoms with Crippen LogP contribution in [0.5, 0.6) is 0 Å². The van der Waals surface area contributed by atoms with Crippen LogP contribution in [0, 0.1) is 6.92 Å². The molecule has 2 heterocycles. The van der Waals surface area contributed by atoms with E-state index in [0.29, 0.717) is 0 Å². The largest absolute Gasteiger partial charge is 0.340 e. The van der Waals surface area contributed by atoms with Crippen molar-refractivity contribution < 1.29 is 0 Å². The van der Waals surface area contributed by atoms with Gasteiger partial charge in [-0.3, -0.25) is 0 Å². The summed E-state index contributed by atoms with van der Waals surface area (Å²) in [5, 5.41) is 8.12. The van der Waals surface area contributed by atoms with E-state index in [0.717, 1.165) is 34.1 Å². The van der Waals surface area contributed by atoms with Gasteiger partial charge in [0.2, 0.25) is 0 Å². The maximum Gasteiger partial charge on any atom is 0.158 e. The van der Waals surface area contributed by atoms with Gasteiger partial charge in [0.25, 0.3) is 0 Å². The SMILES string of the molecule is Cc1cc(Nc2ccccc2)n2nc(-c3ccccc3)cc2n1.